The first kappa shape index (κ1) is 10.6. The number of halogens is 3. The van der Waals surface area contributed by atoms with Crippen LogP contribution in [-0.4, -0.2) is 10.1 Å². The lowest BCUT2D eigenvalue weighted by Crippen LogP contribution is -2.04. The van der Waals surface area contributed by atoms with E-state index in [1.54, 1.807) is 22.6 Å². The van der Waals surface area contributed by atoms with Crippen LogP contribution in [-0.2, 0) is 6.61 Å². The Hall–Kier alpha value is -0.500. The number of aromatic nitrogens is 1. The number of alkyl halides is 2. The van der Waals surface area contributed by atoms with Crippen molar-refractivity contribution < 1.29 is 13.9 Å². The number of pyridine rings is 1. The quantitative estimate of drug-likeness (QED) is 0.817. The molecule has 0 unspecified atom stereocenters. The lowest BCUT2D eigenvalue weighted by Gasteiger charge is -2.09. The standard InChI is InChI=1S/C7H7F2IN2O/c8-6(9)4-5(10)3(2-13)1-12-7(4)11/h1,6,13H,2H2,(H2,11,12). The molecule has 0 spiro atoms. The number of hydrogen-bond acceptors (Lipinski definition) is 3. The van der Waals surface area contributed by atoms with Crippen LogP contribution in [0.15, 0.2) is 6.20 Å². The average molecular weight is 300 g/mol. The molecule has 0 saturated carbocycles. The molecule has 3 N–H and O–H groups in total. The van der Waals surface area contributed by atoms with E-state index in [9.17, 15) is 8.78 Å². The summed E-state index contributed by atoms with van der Waals surface area (Å²) >= 11 is 1.72. The first-order valence-corrected chi connectivity index (χ1v) is 4.47. The molecule has 0 radical (unpaired) electrons. The van der Waals surface area contributed by atoms with E-state index in [1.807, 2.05) is 0 Å². The molecule has 1 heterocycles. The molecule has 0 aromatic carbocycles. The van der Waals surface area contributed by atoms with E-state index in [0.717, 1.165) is 0 Å². The molecule has 13 heavy (non-hydrogen) atoms. The van der Waals surface area contributed by atoms with Gasteiger partial charge in [-0.25, -0.2) is 13.8 Å². The van der Waals surface area contributed by atoms with E-state index in [1.165, 1.54) is 6.20 Å². The van der Waals surface area contributed by atoms with Crippen LogP contribution in [0.25, 0.3) is 0 Å². The summed E-state index contributed by atoms with van der Waals surface area (Å²) in [6.45, 7) is -0.314. The predicted octanol–water partition coefficient (Wildman–Crippen LogP) is 1.70. The van der Waals surface area contributed by atoms with Gasteiger partial charge in [0.1, 0.15) is 5.82 Å². The summed E-state index contributed by atoms with van der Waals surface area (Å²) in [7, 11) is 0. The number of nitrogen functional groups attached to an aromatic ring is 1. The second-order valence-corrected chi connectivity index (χ2v) is 3.43. The second-order valence-electron chi connectivity index (χ2n) is 2.36. The minimum atomic E-state index is -2.66. The Balaban J connectivity index is 3.30. The number of aliphatic hydroxyl groups is 1. The van der Waals surface area contributed by atoms with Gasteiger partial charge in [0.05, 0.1) is 12.2 Å². The molecule has 3 nitrogen and oxygen atoms in total. The smallest absolute Gasteiger partial charge is 0.268 e. The molecule has 6 heteroatoms. The third-order valence-corrected chi connectivity index (χ3v) is 2.82. The summed E-state index contributed by atoms with van der Waals surface area (Å²) in [6, 6.07) is 0. The zero-order chi connectivity index (χ0) is 10.0. The van der Waals surface area contributed by atoms with Crippen LogP contribution in [0.3, 0.4) is 0 Å². The molecular weight excluding hydrogens is 293 g/mol. The van der Waals surface area contributed by atoms with E-state index in [4.69, 9.17) is 10.8 Å². The van der Waals surface area contributed by atoms with Gasteiger partial charge in [-0.05, 0) is 22.6 Å². The fourth-order valence-electron chi connectivity index (χ4n) is 0.877. The van der Waals surface area contributed by atoms with Crippen molar-refractivity contribution in [2.75, 3.05) is 5.73 Å². The second kappa shape index (κ2) is 4.14. The van der Waals surface area contributed by atoms with Gasteiger partial charge in [0.25, 0.3) is 6.43 Å². The Labute approximate surface area is 87.1 Å². The van der Waals surface area contributed by atoms with Gasteiger partial charge in [0, 0.05) is 15.3 Å². The SMILES string of the molecule is Nc1ncc(CO)c(I)c1C(F)F. The fraction of sp³-hybridized carbons (Fsp3) is 0.286. The van der Waals surface area contributed by atoms with Crippen LogP contribution in [0.2, 0.25) is 0 Å². The normalized spacial score (nSPS) is 10.8. The van der Waals surface area contributed by atoms with Crippen molar-refractivity contribution in [3.05, 3.63) is 20.9 Å². The fourth-order valence-corrected chi connectivity index (χ4v) is 1.70. The van der Waals surface area contributed by atoms with E-state index in [-0.39, 0.29) is 21.6 Å². The molecule has 0 aliphatic rings. The molecule has 72 valence electrons. The van der Waals surface area contributed by atoms with Gasteiger partial charge < -0.3 is 10.8 Å². The van der Waals surface area contributed by atoms with Gasteiger partial charge in [-0.15, -0.1) is 0 Å². The van der Waals surface area contributed by atoms with E-state index in [0.29, 0.717) is 5.56 Å². The highest BCUT2D eigenvalue weighted by Crippen LogP contribution is 2.30. The van der Waals surface area contributed by atoms with E-state index < -0.39 is 6.43 Å². The van der Waals surface area contributed by atoms with Crippen molar-refractivity contribution >= 4 is 28.4 Å². The van der Waals surface area contributed by atoms with Crippen LogP contribution < -0.4 is 5.73 Å². The monoisotopic (exact) mass is 300 g/mol. The van der Waals surface area contributed by atoms with Gasteiger partial charge >= 0.3 is 0 Å². The molecule has 0 aliphatic heterocycles. The van der Waals surface area contributed by atoms with Crippen molar-refractivity contribution in [3.63, 3.8) is 0 Å². The Morgan fingerprint density at radius 1 is 1.62 bits per heavy atom. The van der Waals surface area contributed by atoms with Gasteiger partial charge in [-0.1, -0.05) is 0 Å². The summed E-state index contributed by atoms with van der Waals surface area (Å²) in [5, 5.41) is 8.79. The molecule has 0 bridgehead atoms. The zero-order valence-corrected chi connectivity index (χ0v) is 8.62. The van der Waals surface area contributed by atoms with Crippen molar-refractivity contribution in [2.45, 2.75) is 13.0 Å². The van der Waals surface area contributed by atoms with Crippen LogP contribution in [0.1, 0.15) is 17.6 Å². The molecule has 0 atom stereocenters. The molecule has 0 fully saturated rings. The average Bonchev–Trinajstić information content (AvgIpc) is 2.04. The van der Waals surface area contributed by atoms with Gasteiger partial charge in [-0.3, -0.25) is 0 Å². The summed E-state index contributed by atoms with van der Waals surface area (Å²) in [5.41, 5.74) is 5.34. The maximum Gasteiger partial charge on any atom is 0.268 e. The molecule has 1 aromatic rings. The topological polar surface area (TPSA) is 59.1 Å². The molecule has 1 aromatic heterocycles. The zero-order valence-electron chi connectivity index (χ0n) is 6.47. The number of nitrogens with zero attached hydrogens (tertiary/aromatic N) is 1. The van der Waals surface area contributed by atoms with Crippen molar-refractivity contribution in [1.29, 1.82) is 0 Å². The highest BCUT2D eigenvalue weighted by atomic mass is 127. The molecule has 1 rings (SSSR count). The maximum atomic E-state index is 12.4. The van der Waals surface area contributed by atoms with Crippen LogP contribution in [0.5, 0.6) is 0 Å². The highest BCUT2D eigenvalue weighted by Gasteiger charge is 2.18. The summed E-state index contributed by atoms with van der Waals surface area (Å²) < 4.78 is 25.1. The molecular formula is C7H7F2IN2O. The van der Waals surface area contributed by atoms with Crippen LogP contribution in [0.4, 0.5) is 14.6 Å². The van der Waals surface area contributed by atoms with E-state index in [2.05, 4.69) is 4.98 Å². The lowest BCUT2D eigenvalue weighted by molar-refractivity contribution is 0.150. The first-order chi connectivity index (χ1) is 6.07. The number of anilines is 1. The molecule has 0 amide bonds. The number of aliphatic hydroxyl groups excluding tert-OH is 1. The van der Waals surface area contributed by atoms with Crippen molar-refractivity contribution in [3.8, 4) is 0 Å². The van der Waals surface area contributed by atoms with Gasteiger partial charge in [-0.2, -0.15) is 0 Å². The largest absolute Gasteiger partial charge is 0.392 e. The Bertz CT molecular complexity index is 320. The van der Waals surface area contributed by atoms with Crippen LogP contribution in [0, 0.1) is 3.57 Å². The Morgan fingerprint density at radius 3 is 2.69 bits per heavy atom. The van der Waals surface area contributed by atoms with Gasteiger partial charge in [0.2, 0.25) is 0 Å². The van der Waals surface area contributed by atoms with Crippen molar-refractivity contribution in [2.24, 2.45) is 0 Å². The minimum Gasteiger partial charge on any atom is -0.392 e. The van der Waals surface area contributed by atoms with Crippen molar-refractivity contribution in [1.82, 2.24) is 4.98 Å². The lowest BCUT2D eigenvalue weighted by atomic mass is 10.2. The third kappa shape index (κ3) is 2.05. The Kier molecular flexibility index (Phi) is 3.37. The number of nitrogens with two attached hydrogens (primary N) is 1. The summed E-state index contributed by atoms with van der Waals surface area (Å²) in [4.78, 5) is 3.56. The van der Waals surface area contributed by atoms with E-state index >= 15 is 0 Å². The molecule has 0 aliphatic carbocycles. The number of hydrogen-bond donors (Lipinski definition) is 2. The maximum absolute atomic E-state index is 12.4. The minimum absolute atomic E-state index is 0.184. The van der Waals surface area contributed by atoms with Crippen LogP contribution >= 0.6 is 22.6 Å². The van der Waals surface area contributed by atoms with Gasteiger partial charge in [0.15, 0.2) is 0 Å². The molecule has 0 saturated heterocycles. The summed E-state index contributed by atoms with van der Waals surface area (Å²) in [6.07, 6.45) is -1.37. The third-order valence-electron chi connectivity index (χ3n) is 1.54. The first-order valence-electron chi connectivity index (χ1n) is 3.39. The Morgan fingerprint density at radius 2 is 2.23 bits per heavy atom. The predicted molar refractivity (Wildman–Crippen MR) is 52.2 cm³/mol. The summed E-state index contributed by atoms with van der Waals surface area (Å²) in [5.74, 6) is -0.184. The number of rotatable bonds is 2. The highest BCUT2D eigenvalue weighted by molar-refractivity contribution is 14.1.